The van der Waals surface area contributed by atoms with Crippen LogP contribution in [0.1, 0.15) is 181 Å². The van der Waals surface area contributed by atoms with Gasteiger partial charge in [-0.1, -0.05) is 156 Å². The van der Waals surface area contributed by atoms with Crippen molar-refractivity contribution in [3.05, 3.63) is 24.0 Å². The molecule has 0 aliphatic rings. The quantitative estimate of drug-likeness (QED) is 0.0989. The lowest BCUT2D eigenvalue weighted by atomic mass is 9.69. The zero-order chi connectivity index (χ0) is 24.7. The third kappa shape index (κ3) is 15.4. The van der Waals surface area contributed by atoms with Gasteiger partial charge >= 0.3 is 0 Å². The second-order valence-corrected chi connectivity index (χ2v) is 11.1. The summed E-state index contributed by atoms with van der Waals surface area (Å²) in [5, 5.41) is 0. The summed E-state index contributed by atoms with van der Waals surface area (Å²) >= 11 is 0. The summed E-state index contributed by atoms with van der Waals surface area (Å²) in [6, 6.07) is 4.76. The molecule has 1 radical (unpaired) electrons. The van der Waals surface area contributed by atoms with Crippen molar-refractivity contribution in [1.82, 2.24) is 4.48 Å². The molecule has 0 aromatic carbocycles. The van der Waals surface area contributed by atoms with E-state index in [4.69, 9.17) is 0 Å². The van der Waals surface area contributed by atoms with Gasteiger partial charge in [0.25, 0.3) is 7.41 Å². The van der Waals surface area contributed by atoms with Crippen LogP contribution < -0.4 is 0 Å². The number of rotatable bonds is 25. The molecule has 0 saturated carbocycles. The van der Waals surface area contributed by atoms with Crippen molar-refractivity contribution < 1.29 is 0 Å². The summed E-state index contributed by atoms with van der Waals surface area (Å²) < 4.78 is 2.58. The van der Waals surface area contributed by atoms with E-state index < -0.39 is 0 Å². The van der Waals surface area contributed by atoms with Crippen molar-refractivity contribution in [1.29, 1.82) is 0 Å². The first-order valence-electron chi connectivity index (χ1n) is 15.8. The van der Waals surface area contributed by atoms with E-state index in [1.807, 2.05) is 0 Å². The Morgan fingerprint density at radius 2 is 0.971 bits per heavy atom. The van der Waals surface area contributed by atoms with Crippen molar-refractivity contribution in [3.8, 4) is 0 Å². The molecule has 1 rings (SSSR count). The van der Waals surface area contributed by atoms with Crippen LogP contribution in [0.5, 0.6) is 0 Å². The maximum absolute atomic E-state index is 2.64. The van der Waals surface area contributed by atoms with Crippen molar-refractivity contribution in [3.63, 3.8) is 0 Å². The average Bonchev–Trinajstić information content (AvgIpc) is 3.30. The minimum atomic E-state index is 0.745. The largest absolute Gasteiger partial charge is 0.400 e. The van der Waals surface area contributed by atoms with Crippen molar-refractivity contribution in [2.75, 3.05) is 0 Å². The Morgan fingerprint density at radius 3 is 1.44 bits per heavy atom. The van der Waals surface area contributed by atoms with E-state index in [0.29, 0.717) is 0 Å². The van der Waals surface area contributed by atoms with Gasteiger partial charge in [-0.25, -0.2) is 0 Å². The molecule has 1 nitrogen and oxygen atoms in total. The van der Waals surface area contributed by atoms with Gasteiger partial charge in [0.15, 0.2) is 0 Å². The summed E-state index contributed by atoms with van der Waals surface area (Å²) in [6.45, 7) is 9.29. The minimum Gasteiger partial charge on any atom is -0.400 e. The minimum absolute atomic E-state index is 0.745. The molecule has 0 aliphatic carbocycles. The van der Waals surface area contributed by atoms with Gasteiger partial charge in [-0.15, -0.1) is 0 Å². The van der Waals surface area contributed by atoms with Gasteiger partial charge in [0.1, 0.15) is 0 Å². The Labute approximate surface area is 216 Å². The highest BCUT2D eigenvalue weighted by Gasteiger charge is 2.19. The van der Waals surface area contributed by atoms with Gasteiger partial charge in [0, 0.05) is 5.69 Å². The highest BCUT2D eigenvalue weighted by molar-refractivity contribution is 6.36. The first-order valence-corrected chi connectivity index (χ1v) is 15.8. The van der Waals surface area contributed by atoms with Crippen molar-refractivity contribution in [2.45, 2.75) is 181 Å². The fourth-order valence-corrected chi connectivity index (χ4v) is 5.50. The zero-order valence-corrected chi connectivity index (χ0v) is 24.0. The molecule has 1 heterocycles. The molecule has 1 aromatic rings. The van der Waals surface area contributed by atoms with Gasteiger partial charge in [0.05, 0.1) is 0 Å². The Kier molecular flexibility index (Phi) is 21.0. The van der Waals surface area contributed by atoms with Gasteiger partial charge < -0.3 is 4.48 Å². The fraction of sp³-hybridized carbons (Fsp3) is 0.875. The summed E-state index contributed by atoms with van der Waals surface area (Å²) in [4.78, 5) is 0. The van der Waals surface area contributed by atoms with E-state index in [-0.39, 0.29) is 0 Å². The van der Waals surface area contributed by atoms with Crippen LogP contribution in [0.25, 0.3) is 0 Å². The molecule has 0 bridgehead atoms. The molecular formula is C32H61BN. The third-order valence-electron chi connectivity index (χ3n) is 7.77. The van der Waals surface area contributed by atoms with Gasteiger partial charge in [-0.3, -0.25) is 0 Å². The Morgan fingerprint density at radius 1 is 0.559 bits per heavy atom. The molecule has 0 fully saturated rings. The van der Waals surface area contributed by atoms with Crippen LogP contribution in [0.15, 0.2) is 18.3 Å². The van der Waals surface area contributed by atoms with E-state index in [1.54, 1.807) is 5.69 Å². The molecule has 0 saturated heterocycles. The van der Waals surface area contributed by atoms with Crippen molar-refractivity contribution >= 4 is 7.41 Å². The van der Waals surface area contributed by atoms with E-state index >= 15 is 0 Å². The maximum atomic E-state index is 2.64. The summed E-state index contributed by atoms with van der Waals surface area (Å²) in [6.07, 6.45) is 33.0. The average molecular weight is 471 g/mol. The third-order valence-corrected chi connectivity index (χ3v) is 7.77. The molecule has 197 valence electrons. The number of hydrogen-bond donors (Lipinski definition) is 0. The SMILES string of the molecule is CCCCCCCC([B]n1cccc1C(CCCCCC)CCCCCC)CCCCCCC. The predicted octanol–water partition coefficient (Wildman–Crippen LogP) is 11.5. The standard InChI is InChI=1S/C32H61BN/c1-5-9-13-17-21-26-31(27-22-18-14-10-6-2)33-34-29-23-28-32(34)30(24-19-15-11-7-3)25-20-16-12-8-4/h23,28-31H,5-22,24-27H2,1-4H3. The Bertz CT molecular complexity index is 511. The second-order valence-electron chi connectivity index (χ2n) is 11.1. The highest BCUT2D eigenvalue weighted by Crippen LogP contribution is 2.31. The molecule has 2 heteroatoms. The number of unbranched alkanes of at least 4 members (excludes halogenated alkanes) is 14. The second kappa shape index (κ2) is 22.8. The lowest BCUT2D eigenvalue weighted by molar-refractivity contribution is 0.485. The topological polar surface area (TPSA) is 4.93 Å². The number of hydrogen-bond acceptors (Lipinski definition) is 0. The van der Waals surface area contributed by atoms with Crippen LogP contribution >= 0.6 is 0 Å². The molecule has 0 N–H and O–H groups in total. The van der Waals surface area contributed by atoms with E-state index in [9.17, 15) is 0 Å². The van der Waals surface area contributed by atoms with Crippen LogP contribution in [-0.4, -0.2) is 11.9 Å². The van der Waals surface area contributed by atoms with Crippen LogP contribution in [-0.2, 0) is 0 Å². The van der Waals surface area contributed by atoms with Crippen LogP contribution in [0.2, 0.25) is 5.82 Å². The number of nitrogens with zero attached hydrogens (tertiary/aromatic N) is 1. The predicted molar refractivity (Wildman–Crippen MR) is 156 cm³/mol. The summed E-state index contributed by atoms with van der Waals surface area (Å²) in [7, 11) is 2.64. The lowest BCUT2D eigenvalue weighted by Crippen LogP contribution is -2.18. The van der Waals surface area contributed by atoms with Crippen LogP contribution in [0.4, 0.5) is 0 Å². The molecular weight excluding hydrogens is 409 g/mol. The first kappa shape index (κ1) is 31.4. The maximum Gasteiger partial charge on any atom is 0.254 e. The first-order chi connectivity index (χ1) is 16.8. The fourth-order valence-electron chi connectivity index (χ4n) is 5.50. The molecule has 1 aromatic heterocycles. The van der Waals surface area contributed by atoms with Gasteiger partial charge in [0.2, 0.25) is 0 Å². The van der Waals surface area contributed by atoms with Gasteiger partial charge in [-0.2, -0.15) is 0 Å². The normalized spacial score (nSPS) is 11.7. The Balaban J connectivity index is 2.74. The molecule has 0 unspecified atom stereocenters. The van der Waals surface area contributed by atoms with Crippen LogP contribution in [0.3, 0.4) is 0 Å². The van der Waals surface area contributed by atoms with Crippen molar-refractivity contribution in [2.24, 2.45) is 0 Å². The number of aromatic nitrogens is 1. The molecule has 0 atom stereocenters. The lowest BCUT2D eigenvalue weighted by Gasteiger charge is -2.23. The summed E-state index contributed by atoms with van der Waals surface area (Å²) in [5.41, 5.74) is 1.61. The smallest absolute Gasteiger partial charge is 0.254 e. The molecule has 34 heavy (non-hydrogen) atoms. The van der Waals surface area contributed by atoms with E-state index in [2.05, 4.69) is 57.9 Å². The zero-order valence-electron chi connectivity index (χ0n) is 24.0. The summed E-state index contributed by atoms with van der Waals surface area (Å²) in [5.74, 6) is 1.49. The van der Waals surface area contributed by atoms with Gasteiger partial charge in [-0.05, 0) is 42.9 Å². The van der Waals surface area contributed by atoms with E-state index in [1.165, 1.54) is 141 Å². The monoisotopic (exact) mass is 470 g/mol. The Hall–Kier alpha value is -0.655. The molecule has 0 spiro atoms. The molecule has 0 amide bonds. The molecule has 0 aliphatic heterocycles. The van der Waals surface area contributed by atoms with Crippen LogP contribution in [0, 0.1) is 0 Å². The highest BCUT2D eigenvalue weighted by atomic mass is 14.9. The van der Waals surface area contributed by atoms with E-state index in [0.717, 1.165) is 11.7 Å².